The second-order valence-electron chi connectivity index (χ2n) is 6.14. The molecule has 23 heavy (non-hydrogen) atoms. The van der Waals surface area contributed by atoms with Crippen molar-refractivity contribution < 1.29 is 9.15 Å². The number of hydrogen-bond acceptors (Lipinski definition) is 5. The zero-order valence-electron chi connectivity index (χ0n) is 13.5. The molecule has 0 radical (unpaired) electrons. The van der Waals surface area contributed by atoms with Crippen LogP contribution in [-0.4, -0.2) is 61.2 Å². The van der Waals surface area contributed by atoms with Crippen molar-refractivity contribution in [3.63, 3.8) is 0 Å². The molecule has 1 saturated heterocycles. The first-order valence-corrected chi connectivity index (χ1v) is 8.17. The molecule has 1 fully saturated rings. The molecule has 0 aliphatic carbocycles. The second kappa shape index (κ2) is 7.45. The number of oxazole rings is 1. The van der Waals surface area contributed by atoms with Gasteiger partial charge in [-0.25, -0.2) is 4.98 Å². The van der Waals surface area contributed by atoms with E-state index in [1.807, 2.05) is 24.3 Å². The summed E-state index contributed by atoms with van der Waals surface area (Å²) in [6.07, 6.45) is 1.99. The van der Waals surface area contributed by atoms with Crippen molar-refractivity contribution in [1.82, 2.24) is 14.8 Å². The molecule has 0 saturated carbocycles. The lowest BCUT2D eigenvalue weighted by molar-refractivity contribution is -0.0410. The molecule has 1 aliphatic heterocycles. The zero-order chi connectivity index (χ0) is 16.2. The molecular weight excluding hydrogens is 314 g/mol. The Labute approximate surface area is 141 Å². The normalized spacial score (nSPS) is 19.4. The molecule has 1 aromatic carbocycles. The summed E-state index contributed by atoms with van der Waals surface area (Å²) in [5, 5.41) is 0.709. The van der Waals surface area contributed by atoms with Gasteiger partial charge in [0.25, 0.3) is 0 Å². The lowest BCUT2D eigenvalue weighted by Crippen LogP contribution is -2.46. The summed E-state index contributed by atoms with van der Waals surface area (Å²) >= 11 is 5.91. The minimum atomic E-state index is 0.251. The smallest absolute Gasteiger partial charge is 0.226 e. The molecular formula is C17H22ClN3O2. The van der Waals surface area contributed by atoms with E-state index in [9.17, 15) is 0 Å². The van der Waals surface area contributed by atoms with Gasteiger partial charge in [0.2, 0.25) is 5.89 Å². The molecule has 1 unspecified atom stereocenters. The van der Waals surface area contributed by atoms with Crippen LogP contribution in [0.15, 0.2) is 34.9 Å². The van der Waals surface area contributed by atoms with E-state index in [0.29, 0.717) is 10.9 Å². The summed E-state index contributed by atoms with van der Waals surface area (Å²) in [5.74, 6) is 0.634. The molecule has 0 spiro atoms. The number of nitrogens with zero attached hydrogens (tertiary/aromatic N) is 3. The summed E-state index contributed by atoms with van der Waals surface area (Å²) in [5.41, 5.74) is 1.88. The van der Waals surface area contributed by atoms with Crippen LogP contribution < -0.4 is 0 Å². The highest BCUT2D eigenvalue weighted by molar-refractivity contribution is 6.30. The van der Waals surface area contributed by atoms with Crippen LogP contribution in [0, 0.1) is 0 Å². The van der Waals surface area contributed by atoms with E-state index in [1.54, 1.807) is 6.26 Å². The molecule has 124 valence electrons. The molecule has 6 heteroatoms. The van der Waals surface area contributed by atoms with Crippen LogP contribution in [-0.2, 0) is 11.3 Å². The third-order valence-electron chi connectivity index (χ3n) is 3.82. The van der Waals surface area contributed by atoms with E-state index >= 15 is 0 Å². The number of benzene rings is 1. The Morgan fingerprint density at radius 1 is 1.30 bits per heavy atom. The number of rotatable bonds is 5. The maximum absolute atomic E-state index is 5.91. The van der Waals surface area contributed by atoms with Gasteiger partial charge in [-0.2, -0.15) is 0 Å². The van der Waals surface area contributed by atoms with Gasteiger partial charge in [-0.3, -0.25) is 4.90 Å². The van der Waals surface area contributed by atoms with E-state index in [-0.39, 0.29) is 6.10 Å². The molecule has 0 amide bonds. The molecule has 5 nitrogen and oxygen atoms in total. The number of halogens is 1. The van der Waals surface area contributed by atoms with Gasteiger partial charge in [0.1, 0.15) is 6.26 Å². The predicted molar refractivity (Wildman–Crippen MR) is 90.5 cm³/mol. The van der Waals surface area contributed by atoms with Crippen LogP contribution in [0.2, 0.25) is 5.02 Å². The van der Waals surface area contributed by atoms with E-state index < -0.39 is 0 Å². The summed E-state index contributed by atoms with van der Waals surface area (Å²) in [6, 6.07) is 7.52. The van der Waals surface area contributed by atoms with Crippen LogP contribution >= 0.6 is 11.6 Å². The highest BCUT2D eigenvalue weighted by Crippen LogP contribution is 2.21. The van der Waals surface area contributed by atoms with Gasteiger partial charge < -0.3 is 14.1 Å². The molecule has 2 heterocycles. The molecule has 2 aromatic rings. The lowest BCUT2D eigenvalue weighted by Gasteiger charge is -2.33. The third kappa shape index (κ3) is 4.54. The quantitative estimate of drug-likeness (QED) is 0.840. The number of ether oxygens (including phenoxy) is 1. The van der Waals surface area contributed by atoms with Crippen molar-refractivity contribution in [3.05, 3.63) is 41.2 Å². The minimum absolute atomic E-state index is 0.251. The first kappa shape index (κ1) is 16.5. The van der Waals surface area contributed by atoms with Gasteiger partial charge in [-0.1, -0.05) is 11.6 Å². The average Bonchev–Trinajstić information content (AvgIpc) is 2.96. The van der Waals surface area contributed by atoms with Gasteiger partial charge >= 0.3 is 0 Å². The van der Waals surface area contributed by atoms with E-state index in [4.69, 9.17) is 20.8 Å². The average molecular weight is 336 g/mol. The largest absolute Gasteiger partial charge is 0.444 e. The Morgan fingerprint density at radius 3 is 2.83 bits per heavy atom. The second-order valence-corrected chi connectivity index (χ2v) is 6.58. The van der Waals surface area contributed by atoms with Crippen LogP contribution in [0.25, 0.3) is 11.5 Å². The number of hydrogen-bond donors (Lipinski definition) is 0. The van der Waals surface area contributed by atoms with Gasteiger partial charge in [-0.15, -0.1) is 0 Å². The first-order valence-electron chi connectivity index (χ1n) is 7.79. The van der Waals surface area contributed by atoms with Crippen molar-refractivity contribution in [2.24, 2.45) is 0 Å². The van der Waals surface area contributed by atoms with Crippen LogP contribution in [0.5, 0.6) is 0 Å². The molecule has 1 aliphatic rings. The minimum Gasteiger partial charge on any atom is -0.444 e. The van der Waals surface area contributed by atoms with Gasteiger partial charge in [0.15, 0.2) is 0 Å². The van der Waals surface area contributed by atoms with Crippen molar-refractivity contribution in [2.45, 2.75) is 12.6 Å². The fourth-order valence-corrected chi connectivity index (χ4v) is 2.90. The Hall–Kier alpha value is -1.40. The molecule has 1 atom stereocenters. The van der Waals surface area contributed by atoms with Gasteiger partial charge in [0.05, 0.1) is 18.4 Å². The number of aromatic nitrogens is 1. The standard InChI is InChI=1S/C17H22ClN3O2/c1-20(2)10-16-11-21(7-8-22-16)9-15-12-23-17(19-15)13-3-5-14(18)6-4-13/h3-6,12,16H,7-11H2,1-2H3. The Bertz CT molecular complexity index is 627. The fraction of sp³-hybridized carbons (Fsp3) is 0.471. The van der Waals surface area contributed by atoms with Crippen molar-refractivity contribution >= 4 is 11.6 Å². The van der Waals surface area contributed by atoms with Crippen molar-refractivity contribution in [1.29, 1.82) is 0 Å². The summed E-state index contributed by atoms with van der Waals surface area (Å²) in [4.78, 5) is 9.11. The summed E-state index contributed by atoms with van der Waals surface area (Å²) < 4.78 is 11.4. The summed E-state index contributed by atoms with van der Waals surface area (Å²) in [7, 11) is 4.14. The topological polar surface area (TPSA) is 41.7 Å². The predicted octanol–water partition coefficient (Wildman–Crippen LogP) is 2.76. The van der Waals surface area contributed by atoms with E-state index in [2.05, 4.69) is 28.9 Å². The maximum atomic E-state index is 5.91. The Balaban J connectivity index is 1.61. The highest BCUT2D eigenvalue weighted by atomic mass is 35.5. The van der Waals surface area contributed by atoms with Crippen molar-refractivity contribution in [3.8, 4) is 11.5 Å². The lowest BCUT2D eigenvalue weighted by atomic mass is 10.2. The Kier molecular flexibility index (Phi) is 5.33. The van der Waals surface area contributed by atoms with Crippen LogP contribution in [0.3, 0.4) is 0 Å². The zero-order valence-corrected chi connectivity index (χ0v) is 14.3. The van der Waals surface area contributed by atoms with Gasteiger partial charge in [-0.05, 0) is 38.4 Å². The van der Waals surface area contributed by atoms with Gasteiger partial charge in [0, 0.05) is 36.8 Å². The number of likely N-dealkylation sites (N-methyl/N-ethyl adjacent to an activating group) is 1. The molecule has 3 rings (SSSR count). The number of morpholine rings is 1. The highest BCUT2D eigenvalue weighted by Gasteiger charge is 2.22. The third-order valence-corrected chi connectivity index (χ3v) is 4.07. The van der Waals surface area contributed by atoms with Crippen molar-refractivity contribution in [2.75, 3.05) is 40.3 Å². The Morgan fingerprint density at radius 2 is 2.09 bits per heavy atom. The first-order chi connectivity index (χ1) is 11.1. The molecule has 0 bridgehead atoms. The van der Waals surface area contributed by atoms with E-state index in [0.717, 1.165) is 44.0 Å². The maximum Gasteiger partial charge on any atom is 0.226 e. The monoisotopic (exact) mass is 335 g/mol. The van der Waals surface area contributed by atoms with E-state index in [1.165, 1.54) is 0 Å². The molecule has 1 aromatic heterocycles. The SMILES string of the molecule is CN(C)CC1CN(Cc2coc(-c3ccc(Cl)cc3)n2)CCO1. The summed E-state index contributed by atoms with van der Waals surface area (Å²) in [6.45, 7) is 4.32. The fourth-order valence-electron chi connectivity index (χ4n) is 2.78. The molecule has 0 N–H and O–H groups in total. The van der Waals surface area contributed by atoms with Crippen LogP contribution in [0.4, 0.5) is 0 Å². The van der Waals surface area contributed by atoms with Crippen LogP contribution in [0.1, 0.15) is 5.69 Å².